The Bertz CT molecular complexity index is 2240. The lowest BCUT2D eigenvalue weighted by Crippen LogP contribution is -2.28. The third kappa shape index (κ3) is 4.19. The summed E-state index contributed by atoms with van der Waals surface area (Å²) in [6.07, 6.45) is 2.22. The fourth-order valence-electron chi connectivity index (χ4n) is 7.73. The van der Waals surface area contributed by atoms with Crippen LogP contribution in [0, 0.1) is 0 Å². The number of hydrogen-bond donors (Lipinski definition) is 0. The van der Waals surface area contributed by atoms with Crippen LogP contribution in [0.1, 0.15) is 22.3 Å². The molecular formula is C45H32N2. The van der Waals surface area contributed by atoms with Crippen LogP contribution in [-0.2, 0) is 5.41 Å². The van der Waals surface area contributed by atoms with Gasteiger partial charge < -0.3 is 9.47 Å². The van der Waals surface area contributed by atoms with Crippen molar-refractivity contribution in [3.8, 4) is 16.8 Å². The van der Waals surface area contributed by atoms with E-state index < -0.39 is 5.41 Å². The molecule has 2 heteroatoms. The molecule has 0 aliphatic heterocycles. The molecular weight excluding hydrogens is 569 g/mol. The highest BCUT2D eigenvalue weighted by molar-refractivity contribution is 6.03. The maximum absolute atomic E-state index is 2.37. The Kier molecular flexibility index (Phi) is 6.39. The van der Waals surface area contributed by atoms with Crippen molar-refractivity contribution in [2.75, 3.05) is 4.90 Å². The number of para-hydroxylation sites is 2. The maximum atomic E-state index is 2.37. The first-order chi connectivity index (χ1) is 23.3. The summed E-state index contributed by atoms with van der Waals surface area (Å²) >= 11 is 0. The van der Waals surface area contributed by atoms with Crippen LogP contribution in [0.2, 0.25) is 0 Å². The van der Waals surface area contributed by atoms with Gasteiger partial charge in [-0.1, -0.05) is 133 Å². The van der Waals surface area contributed by atoms with Gasteiger partial charge in [0.2, 0.25) is 0 Å². The van der Waals surface area contributed by atoms with E-state index in [1.165, 1.54) is 44.3 Å². The standard InChI is InChI=1S/C45H32N2/c1-5-15-34(16-6-1)45(35-17-7-2-8-18-35)41-24-14-13-23-40(41)43-42(45)30-25-33-31-32-46(44(33)43)36-26-28-39(29-27-36)47(37-19-9-3-10-20-37)38-21-11-4-12-22-38/h1-32H. The fourth-order valence-corrected chi connectivity index (χ4v) is 7.73. The zero-order valence-electron chi connectivity index (χ0n) is 25.9. The van der Waals surface area contributed by atoms with Crippen LogP contribution in [0.4, 0.5) is 17.1 Å². The summed E-state index contributed by atoms with van der Waals surface area (Å²) in [7, 11) is 0. The number of nitrogens with zero attached hydrogens (tertiary/aromatic N) is 2. The van der Waals surface area contributed by atoms with Crippen LogP contribution in [0.3, 0.4) is 0 Å². The molecule has 0 atom stereocenters. The normalized spacial score (nSPS) is 12.9. The molecule has 9 rings (SSSR count). The van der Waals surface area contributed by atoms with E-state index in [2.05, 4.69) is 204 Å². The van der Waals surface area contributed by atoms with Gasteiger partial charge in [0.1, 0.15) is 0 Å². The predicted octanol–water partition coefficient (Wildman–Crippen LogP) is 11.5. The Morgan fingerprint density at radius 1 is 0.404 bits per heavy atom. The number of rotatable bonds is 6. The quantitative estimate of drug-likeness (QED) is 0.184. The third-order valence-corrected chi connectivity index (χ3v) is 9.69. The first kappa shape index (κ1) is 27.2. The molecule has 0 amide bonds. The van der Waals surface area contributed by atoms with Crippen LogP contribution < -0.4 is 4.90 Å². The van der Waals surface area contributed by atoms with Gasteiger partial charge in [0.05, 0.1) is 10.9 Å². The van der Waals surface area contributed by atoms with E-state index in [4.69, 9.17) is 0 Å². The molecule has 1 aliphatic rings. The first-order valence-corrected chi connectivity index (χ1v) is 16.2. The van der Waals surface area contributed by atoms with Gasteiger partial charge in [0.25, 0.3) is 0 Å². The molecule has 1 heterocycles. The van der Waals surface area contributed by atoms with Crippen molar-refractivity contribution in [2.45, 2.75) is 5.41 Å². The van der Waals surface area contributed by atoms with Crippen molar-refractivity contribution >= 4 is 28.0 Å². The lowest BCUT2D eigenvalue weighted by atomic mass is 9.67. The molecule has 0 unspecified atom stereocenters. The molecule has 1 aliphatic carbocycles. The van der Waals surface area contributed by atoms with Gasteiger partial charge in [-0.05, 0) is 82.4 Å². The second-order valence-electron chi connectivity index (χ2n) is 12.2. The Hall–Kier alpha value is -6.12. The van der Waals surface area contributed by atoms with Gasteiger partial charge in [-0.2, -0.15) is 0 Å². The van der Waals surface area contributed by atoms with Crippen molar-refractivity contribution < 1.29 is 0 Å². The number of aromatic nitrogens is 1. The van der Waals surface area contributed by atoms with E-state index in [1.54, 1.807) is 0 Å². The topological polar surface area (TPSA) is 8.17 Å². The minimum atomic E-state index is -0.423. The molecule has 222 valence electrons. The van der Waals surface area contributed by atoms with Crippen molar-refractivity contribution in [1.82, 2.24) is 4.57 Å². The van der Waals surface area contributed by atoms with Gasteiger partial charge in [-0.25, -0.2) is 0 Å². The molecule has 2 nitrogen and oxygen atoms in total. The predicted molar refractivity (Wildman–Crippen MR) is 195 cm³/mol. The highest BCUT2D eigenvalue weighted by atomic mass is 15.1. The minimum absolute atomic E-state index is 0.423. The van der Waals surface area contributed by atoms with Crippen LogP contribution in [0.25, 0.3) is 27.7 Å². The second kappa shape index (κ2) is 11.0. The summed E-state index contributed by atoms with van der Waals surface area (Å²) < 4.78 is 2.37. The number of anilines is 3. The molecule has 0 fully saturated rings. The minimum Gasteiger partial charge on any atom is -0.316 e. The van der Waals surface area contributed by atoms with E-state index in [9.17, 15) is 0 Å². The summed E-state index contributed by atoms with van der Waals surface area (Å²) in [6.45, 7) is 0. The van der Waals surface area contributed by atoms with E-state index in [0.717, 1.165) is 22.7 Å². The summed E-state index contributed by atoms with van der Waals surface area (Å²) in [4.78, 5) is 2.31. The summed E-state index contributed by atoms with van der Waals surface area (Å²) in [6, 6.07) is 68.0. The van der Waals surface area contributed by atoms with Gasteiger partial charge in [-0.3, -0.25) is 0 Å². The second-order valence-corrected chi connectivity index (χ2v) is 12.2. The van der Waals surface area contributed by atoms with Crippen molar-refractivity contribution in [1.29, 1.82) is 0 Å². The van der Waals surface area contributed by atoms with Gasteiger partial charge in [0, 0.05) is 39.9 Å². The molecule has 0 saturated carbocycles. The Morgan fingerprint density at radius 3 is 1.51 bits per heavy atom. The number of hydrogen-bond acceptors (Lipinski definition) is 1. The van der Waals surface area contributed by atoms with Crippen LogP contribution >= 0.6 is 0 Å². The lowest BCUT2D eigenvalue weighted by molar-refractivity contribution is 0.769. The molecule has 7 aromatic carbocycles. The van der Waals surface area contributed by atoms with Gasteiger partial charge in [-0.15, -0.1) is 0 Å². The van der Waals surface area contributed by atoms with E-state index in [-0.39, 0.29) is 0 Å². The Morgan fingerprint density at radius 2 is 0.915 bits per heavy atom. The molecule has 0 N–H and O–H groups in total. The largest absolute Gasteiger partial charge is 0.316 e. The van der Waals surface area contributed by atoms with Crippen molar-refractivity contribution in [3.63, 3.8) is 0 Å². The Balaban J connectivity index is 1.25. The molecule has 1 aromatic heterocycles. The SMILES string of the molecule is c1ccc(N(c2ccccc2)c2ccc(-n3ccc4ccc5c(c43)-c3ccccc3C5(c3ccccc3)c3ccccc3)cc2)cc1. The smallest absolute Gasteiger partial charge is 0.0714 e. The summed E-state index contributed by atoms with van der Waals surface area (Å²) in [5.41, 5.74) is 13.1. The highest BCUT2D eigenvalue weighted by Crippen LogP contribution is 2.57. The third-order valence-electron chi connectivity index (χ3n) is 9.69. The van der Waals surface area contributed by atoms with Gasteiger partial charge >= 0.3 is 0 Å². The average molecular weight is 601 g/mol. The maximum Gasteiger partial charge on any atom is 0.0714 e. The van der Waals surface area contributed by atoms with E-state index in [1.807, 2.05) is 0 Å². The number of benzene rings is 7. The zero-order valence-corrected chi connectivity index (χ0v) is 25.9. The average Bonchev–Trinajstić information content (AvgIpc) is 3.72. The molecule has 8 aromatic rings. The lowest BCUT2D eigenvalue weighted by Gasteiger charge is -2.33. The van der Waals surface area contributed by atoms with Crippen molar-refractivity contribution in [3.05, 3.63) is 217 Å². The molecule has 47 heavy (non-hydrogen) atoms. The van der Waals surface area contributed by atoms with E-state index in [0.29, 0.717) is 0 Å². The highest BCUT2D eigenvalue weighted by Gasteiger charge is 2.46. The zero-order chi connectivity index (χ0) is 31.2. The van der Waals surface area contributed by atoms with Crippen LogP contribution in [0.15, 0.2) is 194 Å². The molecule has 0 bridgehead atoms. The van der Waals surface area contributed by atoms with Crippen molar-refractivity contribution in [2.24, 2.45) is 0 Å². The summed E-state index contributed by atoms with van der Waals surface area (Å²) in [5.74, 6) is 0. The Labute approximate surface area is 275 Å². The van der Waals surface area contributed by atoms with E-state index >= 15 is 0 Å². The van der Waals surface area contributed by atoms with Gasteiger partial charge in [0.15, 0.2) is 0 Å². The monoisotopic (exact) mass is 600 g/mol. The fraction of sp³-hybridized carbons (Fsp3) is 0.0222. The molecule has 0 saturated heterocycles. The molecule has 0 spiro atoms. The molecule has 0 radical (unpaired) electrons. The van der Waals surface area contributed by atoms with Crippen LogP contribution in [-0.4, -0.2) is 4.57 Å². The number of fused-ring (bicyclic) bond motifs is 5. The summed E-state index contributed by atoms with van der Waals surface area (Å²) in [5, 5.41) is 1.23. The first-order valence-electron chi connectivity index (χ1n) is 16.2. The van der Waals surface area contributed by atoms with Crippen LogP contribution in [0.5, 0.6) is 0 Å².